The second-order valence-corrected chi connectivity index (χ2v) is 10.6. The lowest BCUT2D eigenvalue weighted by Gasteiger charge is -2.25. The van der Waals surface area contributed by atoms with Gasteiger partial charge in [0.15, 0.2) is 0 Å². The van der Waals surface area contributed by atoms with E-state index in [9.17, 15) is 9.90 Å². The van der Waals surface area contributed by atoms with Crippen LogP contribution in [0.2, 0.25) is 0 Å². The Balaban J connectivity index is 1.51. The van der Waals surface area contributed by atoms with Crippen LogP contribution in [-0.2, 0) is 17.6 Å². The number of likely N-dealkylation sites (N-methyl/N-ethyl adjacent to an activating group) is 2. The first-order chi connectivity index (χ1) is 19.2. The predicted molar refractivity (Wildman–Crippen MR) is 162 cm³/mol. The topological polar surface area (TPSA) is 98.5 Å². The van der Waals surface area contributed by atoms with Crippen LogP contribution in [0.25, 0.3) is 16.7 Å². The van der Waals surface area contributed by atoms with Crippen molar-refractivity contribution in [2.24, 2.45) is 0 Å². The molecule has 2 aromatic carbocycles. The van der Waals surface area contributed by atoms with Crippen LogP contribution in [0.3, 0.4) is 0 Å². The second kappa shape index (κ2) is 11.5. The highest BCUT2D eigenvalue weighted by Gasteiger charge is 2.25. The summed E-state index contributed by atoms with van der Waals surface area (Å²) in [6, 6.07) is 14.2. The summed E-state index contributed by atoms with van der Waals surface area (Å²) in [5.41, 5.74) is 6.84. The number of aromatic nitrogens is 3. The summed E-state index contributed by atoms with van der Waals surface area (Å²) in [6.45, 7) is 7.30. The summed E-state index contributed by atoms with van der Waals surface area (Å²) in [5.74, 6) is 0.951. The molecule has 3 N–H and O–H groups in total. The second-order valence-electron chi connectivity index (χ2n) is 10.6. The summed E-state index contributed by atoms with van der Waals surface area (Å²) in [5, 5.41) is 17.8. The van der Waals surface area contributed by atoms with Crippen molar-refractivity contribution in [1.29, 1.82) is 0 Å². The van der Waals surface area contributed by atoms with E-state index in [0.717, 1.165) is 59.6 Å². The Morgan fingerprint density at radius 3 is 2.75 bits per heavy atom. The number of carbonyl (C=O) groups excluding carboxylic acids is 1. The Morgan fingerprint density at radius 2 is 1.98 bits per heavy atom. The van der Waals surface area contributed by atoms with Gasteiger partial charge < -0.3 is 25.5 Å². The van der Waals surface area contributed by atoms with Gasteiger partial charge in [-0.3, -0.25) is 9.36 Å². The van der Waals surface area contributed by atoms with Crippen LogP contribution in [-0.4, -0.2) is 70.8 Å². The van der Waals surface area contributed by atoms with Crippen LogP contribution < -0.4 is 15.5 Å². The summed E-state index contributed by atoms with van der Waals surface area (Å²) >= 11 is 0. The van der Waals surface area contributed by atoms with Gasteiger partial charge >= 0.3 is 0 Å². The van der Waals surface area contributed by atoms with Crippen molar-refractivity contribution in [3.05, 3.63) is 78.1 Å². The lowest BCUT2D eigenvalue weighted by molar-refractivity contribution is -0.111. The molecule has 4 aromatic rings. The fraction of sp³-hybridized carbons (Fsp3) is 0.323. The average Bonchev–Trinajstić information content (AvgIpc) is 3.27. The summed E-state index contributed by atoms with van der Waals surface area (Å²) in [4.78, 5) is 25.9. The van der Waals surface area contributed by atoms with Crippen molar-refractivity contribution >= 4 is 39.8 Å². The molecule has 40 heavy (non-hydrogen) atoms. The number of anilines is 4. The number of aliphatic hydroxyl groups is 1. The number of carbonyl (C=O) groups is 1. The van der Waals surface area contributed by atoms with Crippen LogP contribution in [0.15, 0.2) is 61.3 Å². The number of hydrogen-bond acceptors (Lipinski definition) is 7. The molecular formula is C31H37N7O2. The van der Waals surface area contributed by atoms with E-state index in [2.05, 4.69) is 54.8 Å². The predicted octanol–water partition coefficient (Wildman–Crippen LogP) is 4.44. The van der Waals surface area contributed by atoms with Crippen LogP contribution in [0.5, 0.6) is 0 Å². The number of benzene rings is 2. The minimum atomic E-state index is -0.321. The number of fused-ring (bicyclic) bond motifs is 3. The molecule has 0 spiro atoms. The Labute approximate surface area is 235 Å². The van der Waals surface area contributed by atoms with E-state index in [1.165, 1.54) is 17.3 Å². The first-order valence-corrected chi connectivity index (χ1v) is 13.6. The van der Waals surface area contributed by atoms with Crippen LogP contribution in [0, 0.1) is 6.92 Å². The Kier molecular flexibility index (Phi) is 7.86. The molecule has 1 aliphatic carbocycles. The number of para-hydroxylation sites is 1. The monoisotopic (exact) mass is 539 g/mol. The van der Waals surface area contributed by atoms with E-state index in [1.807, 2.05) is 52.3 Å². The quantitative estimate of drug-likeness (QED) is 0.271. The van der Waals surface area contributed by atoms with Gasteiger partial charge in [-0.25, -0.2) is 4.98 Å². The Bertz CT molecular complexity index is 1560. The molecule has 1 aliphatic rings. The van der Waals surface area contributed by atoms with Gasteiger partial charge in [-0.15, -0.1) is 0 Å². The number of nitrogens with zero attached hydrogens (tertiary/aromatic N) is 5. The highest BCUT2D eigenvalue weighted by Crippen LogP contribution is 2.35. The number of hydrogen-bond donors (Lipinski definition) is 3. The van der Waals surface area contributed by atoms with Crippen molar-refractivity contribution in [3.63, 3.8) is 0 Å². The van der Waals surface area contributed by atoms with E-state index in [1.54, 1.807) is 6.20 Å². The maximum absolute atomic E-state index is 12.3. The zero-order valence-corrected chi connectivity index (χ0v) is 23.6. The van der Waals surface area contributed by atoms with Crippen LogP contribution in [0.4, 0.5) is 23.0 Å². The molecule has 0 radical (unpaired) electrons. The number of amides is 1. The SMILES string of the molecule is C=CC(=O)Nc1cc(Nc2nccc(-n3c4c(c5ccccc53)CC(O)CC4)n2)c(C)cc1N(C)CCN(C)C. The number of aliphatic hydroxyl groups excluding tert-OH is 1. The lowest BCUT2D eigenvalue weighted by atomic mass is 9.93. The molecule has 1 amide bonds. The Morgan fingerprint density at radius 1 is 1.18 bits per heavy atom. The van der Waals surface area contributed by atoms with Crippen LogP contribution >= 0.6 is 0 Å². The van der Waals surface area contributed by atoms with Gasteiger partial charge in [-0.2, -0.15) is 4.98 Å². The fourth-order valence-corrected chi connectivity index (χ4v) is 5.30. The third kappa shape index (κ3) is 5.57. The molecule has 0 fully saturated rings. The number of rotatable bonds is 9. The normalized spacial score (nSPS) is 14.7. The molecule has 9 heteroatoms. The van der Waals surface area contributed by atoms with Crippen molar-refractivity contribution in [2.75, 3.05) is 49.8 Å². The molecule has 0 saturated carbocycles. The third-order valence-corrected chi connectivity index (χ3v) is 7.44. The molecule has 5 rings (SSSR count). The first kappa shape index (κ1) is 27.4. The standard InChI is InChI=1S/C31H37N7O2/c1-6-30(40)33-25-19-24(20(2)17-28(25)37(5)16-15-36(3)4)34-31-32-14-13-29(35-31)38-26-10-8-7-9-22(26)23-18-21(39)11-12-27(23)38/h6-10,13-14,17,19,21,39H,1,11-12,15-16,18H2,2-5H3,(H,33,40)(H,32,34,35). The highest BCUT2D eigenvalue weighted by atomic mass is 16.3. The van der Waals surface area contributed by atoms with Gasteiger partial charge in [0.25, 0.3) is 0 Å². The van der Waals surface area contributed by atoms with Gasteiger partial charge in [-0.05, 0) is 75.3 Å². The van der Waals surface area contributed by atoms with E-state index in [-0.39, 0.29) is 12.0 Å². The molecule has 1 atom stereocenters. The van der Waals surface area contributed by atoms with Crippen molar-refractivity contribution in [1.82, 2.24) is 19.4 Å². The largest absolute Gasteiger partial charge is 0.393 e. The van der Waals surface area contributed by atoms with Crippen LogP contribution in [0.1, 0.15) is 23.2 Å². The molecule has 1 unspecified atom stereocenters. The highest BCUT2D eigenvalue weighted by molar-refractivity contribution is 6.02. The first-order valence-electron chi connectivity index (χ1n) is 13.6. The van der Waals surface area contributed by atoms with Gasteiger partial charge in [0, 0.05) is 49.5 Å². The maximum Gasteiger partial charge on any atom is 0.247 e. The number of nitrogens with one attached hydrogen (secondary N) is 2. The Hall–Kier alpha value is -4.21. The van der Waals surface area contributed by atoms with E-state index >= 15 is 0 Å². The maximum atomic E-state index is 12.3. The molecule has 9 nitrogen and oxygen atoms in total. The lowest BCUT2D eigenvalue weighted by Crippen LogP contribution is -2.29. The molecular weight excluding hydrogens is 502 g/mol. The molecule has 2 aromatic heterocycles. The van der Waals surface area contributed by atoms with Gasteiger partial charge in [0.2, 0.25) is 11.9 Å². The summed E-state index contributed by atoms with van der Waals surface area (Å²) in [7, 11) is 6.09. The molecule has 0 aliphatic heterocycles. The molecule has 0 bridgehead atoms. The fourth-order valence-electron chi connectivity index (χ4n) is 5.30. The van der Waals surface area contributed by atoms with E-state index in [4.69, 9.17) is 4.98 Å². The molecule has 0 saturated heterocycles. The molecule has 208 valence electrons. The van der Waals surface area contributed by atoms with Crippen molar-refractivity contribution < 1.29 is 9.90 Å². The summed E-state index contributed by atoms with van der Waals surface area (Å²) < 4.78 is 2.19. The summed E-state index contributed by atoms with van der Waals surface area (Å²) in [6.07, 6.45) is 4.86. The number of aryl methyl sites for hydroxylation is 1. The smallest absolute Gasteiger partial charge is 0.247 e. The van der Waals surface area contributed by atoms with Gasteiger partial charge in [0.1, 0.15) is 5.82 Å². The molecule has 2 heterocycles. The zero-order chi connectivity index (χ0) is 28.4. The van der Waals surface area contributed by atoms with E-state index < -0.39 is 0 Å². The van der Waals surface area contributed by atoms with Crippen molar-refractivity contribution in [3.8, 4) is 5.82 Å². The van der Waals surface area contributed by atoms with Gasteiger partial charge in [0.05, 0.1) is 23.0 Å². The zero-order valence-electron chi connectivity index (χ0n) is 23.6. The minimum Gasteiger partial charge on any atom is -0.393 e. The minimum absolute atomic E-state index is 0.273. The van der Waals surface area contributed by atoms with Crippen molar-refractivity contribution in [2.45, 2.75) is 32.3 Å². The third-order valence-electron chi connectivity index (χ3n) is 7.44. The van der Waals surface area contributed by atoms with Gasteiger partial charge in [-0.1, -0.05) is 24.8 Å². The average molecular weight is 540 g/mol. The van der Waals surface area contributed by atoms with E-state index in [0.29, 0.717) is 18.1 Å².